The van der Waals surface area contributed by atoms with E-state index in [0.717, 1.165) is 17.3 Å². The molecule has 2 aromatic heterocycles. The Morgan fingerprint density at radius 2 is 1.54 bits per heavy atom. The Bertz CT molecular complexity index is 1080. The van der Waals surface area contributed by atoms with Gasteiger partial charge < -0.3 is 19.5 Å². The summed E-state index contributed by atoms with van der Waals surface area (Å²) in [6.45, 7) is 4.26. The highest BCUT2D eigenvalue weighted by Gasteiger charge is 2.59. The summed E-state index contributed by atoms with van der Waals surface area (Å²) < 4.78 is 98.8. The predicted octanol–water partition coefficient (Wildman–Crippen LogP) is 4.99. The molecule has 2 saturated heterocycles. The van der Waals surface area contributed by atoms with Crippen molar-refractivity contribution in [1.82, 2.24) is 9.88 Å². The lowest BCUT2D eigenvalue weighted by Crippen LogP contribution is -2.56. The number of likely N-dealkylation sites (tertiary alicyclic amines) is 1. The molecule has 2 aliphatic heterocycles. The topological polar surface area (TPSA) is 107 Å². The van der Waals surface area contributed by atoms with Gasteiger partial charge in [0.1, 0.15) is 17.3 Å². The molecule has 2 aromatic rings. The van der Waals surface area contributed by atoms with E-state index in [1.165, 1.54) is 0 Å². The first-order valence-corrected chi connectivity index (χ1v) is 11.3. The van der Waals surface area contributed by atoms with E-state index in [0.29, 0.717) is 39.1 Å². The third kappa shape index (κ3) is 8.80. The van der Waals surface area contributed by atoms with E-state index in [2.05, 4.69) is 9.88 Å². The number of aryl methyl sites for hydroxylation is 1. The average Bonchev–Trinajstić information content (AvgIpc) is 3.44. The van der Waals surface area contributed by atoms with Gasteiger partial charge >= 0.3 is 24.3 Å². The summed E-state index contributed by atoms with van der Waals surface area (Å²) in [7, 11) is 0. The van der Waals surface area contributed by atoms with Gasteiger partial charge in [-0.15, -0.1) is 0 Å². The van der Waals surface area contributed by atoms with Gasteiger partial charge in [-0.3, -0.25) is 4.90 Å². The molecule has 0 saturated carbocycles. The molecule has 0 bridgehead atoms. The number of carbonyl (C=O) groups is 2. The number of carboxylic acid groups (broad SMARTS) is 2. The summed E-state index contributed by atoms with van der Waals surface area (Å²) in [6.07, 6.45) is -8.06. The molecule has 218 valence electrons. The molecule has 0 radical (unpaired) electrons. The van der Waals surface area contributed by atoms with Crippen LogP contribution in [0.1, 0.15) is 24.4 Å². The summed E-state index contributed by atoms with van der Waals surface area (Å²) in [4.78, 5) is 26.2. The van der Waals surface area contributed by atoms with E-state index in [4.69, 9.17) is 24.2 Å². The van der Waals surface area contributed by atoms with Crippen molar-refractivity contribution >= 4 is 17.8 Å². The first-order valence-electron chi connectivity index (χ1n) is 11.3. The number of piperidine rings is 1. The van der Waals surface area contributed by atoms with Crippen LogP contribution in [0.15, 0.2) is 40.9 Å². The first kappa shape index (κ1) is 31.8. The number of alkyl halides is 8. The number of hydrogen-bond donors (Lipinski definition) is 2. The minimum absolute atomic E-state index is 0.0945. The van der Waals surface area contributed by atoms with Crippen LogP contribution >= 0.6 is 0 Å². The van der Waals surface area contributed by atoms with Gasteiger partial charge in [-0.05, 0) is 37.6 Å². The van der Waals surface area contributed by atoms with Gasteiger partial charge in [0.2, 0.25) is 0 Å². The zero-order chi connectivity index (χ0) is 29.6. The van der Waals surface area contributed by atoms with Gasteiger partial charge in [-0.2, -0.15) is 26.3 Å². The lowest BCUT2D eigenvalue weighted by atomic mass is 9.75. The van der Waals surface area contributed by atoms with Crippen LogP contribution in [0.5, 0.6) is 0 Å². The summed E-state index contributed by atoms with van der Waals surface area (Å²) in [5.41, 5.74) is -1.01. The number of halogens is 8. The SMILES string of the molecule is Cc1ccc(CN2CCC(F)(F)C3(CCN(c4ccccn4)C3)C2)o1.O=C(O)C(F)(F)F.O=C(O)C(F)(F)F. The van der Waals surface area contributed by atoms with Gasteiger partial charge in [0.05, 0.1) is 12.0 Å². The standard InChI is InChI=1S/C19H23F2N3O.2C2HF3O2/c1-15-5-6-16(25-15)12-23-10-8-19(20,21)18(13-23)7-11-24(14-18)17-4-2-3-9-22-17;2*3-2(4,5)1(6)7/h2-6,9H,7-8,10-14H2,1H3;2*(H,6,7). The zero-order valence-electron chi connectivity index (χ0n) is 20.4. The summed E-state index contributed by atoms with van der Waals surface area (Å²) in [5.74, 6) is -5.67. The molecule has 1 unspecified atom stereocenters. The monoisotopic (exact) mass is 575 g/mol. The molecule has 4 heterocycles. The highest BCUT2D eigenvalue weighted by Crippen LogP contribution is 2.50. The Balaban J connectivity index is 0.000000317. The van der Waals surface area contributed by atoms with E-state index in [9.17, 15) is 35.1 Å². The number of rotatable bonds is 3. The van der Waals surface area contributed by atoms with Crippen LogP contribution < -0.4 is 4.90 Å². The maximum absolute atomic E-state index is 14.9. The third-order valence-electron chi connectivity index (χ3n) is 6.03. The lowest BCUT2D eigenvalue weighted by Gasteiger charge is -2.45. The molecule has 2 N–H and O–H groups in total. The van der Waals surface area contributed by atoms with Crippen molar-refractivity contribution in [2.24, 2.45) is 5.41 Å². The second-order valence-corrected chi connectivity index (χ2v) is 8.92. The summed E-state index contributed by atoms with van der Waals surface area (Å²) >= 11 is 0. The number of furan rings is 1. The van der Waals surface area contributed by atoms with E-state index in [-0.39, 0.29) is 6.42 Å². The molecule has 2 fully saturated rings. The predicted molar refractivity (Wildman–Crippen MR) is 119 cm³/mol. The maximum Gasteiger partial charge on any atom is 0.490 e. The Morgan fingerprint density at radius 1 is 0.949 bits per heavy atom. The van der Waals surface area contributed by atoms with E-state index in [1.54, 1.807) is 6.20 Å². The zero-order valence-corrected chi connectivity index (χ0v) is 20.4. The fraction of sp³-hybridized carbons (Fsp3) is 0.522. The van der Waals surface area contributed by atoms with Crippen LogP contribution in [0.3, 0.4) is 0 Å². The minimum Gasteiger partial charge on any atom is -0.475 e. The molecule has 16 heteroatoms. The smallest absolute Gasteiger partial charge is 0.475 e. The number of anilines is 1. The molecule has 0 aliphatic carbocycles. The molecule has 39 heavy (non-hydrogen) atoms. The van der Waals surface area contributed by atoms with E-state index < -0.39 is 35.6 Å². The number of aromatic nitrogens is 1. The van der Waals surface area contributed by atoms with Crippen molar-refractivity contribution in [3.63, 3.8) is 0 Å². The van der Waals surface area contributed by atoms with Gasteiger partial charge in [-0.25, -0.2) is 23.4 Å². The normalized spacial score (nSPS) is 21.0. The fourth-order valence-electron chi connectivity index (χ4n) is 4.15. The molecule has 4 rings (SSSR count). The van der Waals surface area contributed by atoms with Crippen molar-refractivity contribution in [2.45, 2.75) is 44.6 Å². The largest absolute Gasteiger partial charge is 0.490 e. The van der Waals surface area contributed by atoms with E-state index in [1.807, 2.05) is 42.2 Å². The lowest BCUT2D eigenvalue weighted by molar-refractivity contribution is -0.193. The number of nitrogens with zero attached hydrogens (tertiary/aromatic N) is 3. The quantitative estimate of drug-likeness (QED) is 0.494. The van der Waals surface area contributed by atoms with Crippen molar-refractivity contribution in [1.29, 1.82) is 0 Å². The maximum atomic E-state index is 14.9. The third-order valence-corrected chi connectivity index (χ3v) is 6.03. The first-order chi connectivity index (χ1) is 17.9. The number of hydrogen-bond acceptors (Lipinski definition) is 6. The highest BCUT2D eigenvalue weighted by atomic mass is 19.4. The second kappa shape index (κ2) is 12.2. The molecule has 0 amide bonds. The molecule has 2 aliphatic rings. The Labute approximate surface area is 216 Å². The molecular weight excluding hydrogens is 550 g/mol. The molecule has 1 atom stereocenters. The molecule has 8 nitrogen and oxygen atoms in total. The highest BCUT2D eigenvalue weighted by molar-refractivity contribution is 5.73. The van der Waals surface area contributed by atoms with Gasteiger partial charge in [0.25, 0.3) is 5.92 Å². The minimum atomic E-state index is -5.08. The Kier molecular flexibility index (Phi) is 9.92. The number of pyridine rings is 1. The average molecular weight is 575 g/mol. The fourth-order valence-corrected chi connectivity index (χ4v) is 4.15. The van der Waals surface area contributed by atoms with Gasteiger partial charge in [0, 0.05) is 38.8 Å². The van der Waals surface area contributed by atoms with Crippen molar-refractivity contribution in [3.05, 3.63) is 48.0 Å². The van der Waals surface area contributed by atoms with Crippen LogP contribution in [-0.4, -0.2) is 76.5 Å². The molecule has 1 spiro atoms. The van der Waals surface area contributed by atoms with Crippen LogP contribution in [0.25, 0.3) is 0 Å². The van der Waals surface area contributed by atoms with Crippen LogP contribution in [0, 0.1) is 12.3 Å². The molecule has 0 aromatic carbocycles. The van der Waals surface area contributed by atoms with Crippen LogP contribution in [0.2, 0.25) is 0 Å². The number of aliphatic carboxylic acids is 2. The van der Waals surface area contributed by atoms with Crippen molar-refractivity contribution < 1.29 is 59.3 Å². The van der Waals surface area contributed by atoms with Crippen molar-refractivity contribution in [2.75, 3.05) is 31.1 Å². The summed E-state index contributed by atoms with van der Waals surface area (Å²) in [5, 5.41) is 14.2. The van der Waals surface area contributed by atoms with Gasteiger partial charge in [-0.1, -0.05) is 6.07 Å². The summed E-state index contributed by atoms with van der Waals surface area (Å²) in [6, 6.07) is 9.49. The second-order valence-electron chi connectivity index (χ2n) is 8.92. The van der Waals surface area contributed by atoms with Crippen LogP contribution in [-0.2, 0) is 16.1 Å². The molecular formula is C23H25F8N3O5. The Hall–Kier alpha value is -3.43. The van der Waals surface area contributed by atoms with Gasteiger partial charge in [0.15, 0.2) is 0 Å². The van der Waals surface area contributed by atoms with Crippen molar-refractivity contribution in [3.8, 4) is 0 Å². The van der Waals surface area contributed by atoms with E-state index >= 15 is 0 Å². The van der Waals surface area contributed by atoms with Crippen LogP contribution in [0.4, 0.5) is 40.9 Å². The number of carboxylic acids is 2. The Morgan fingerprint density at radius 3 is 2.00 bits per heavy atom.